The zero-order valence-electron chi connectivity index (χ0n) is 13.4. The van der Waals surface area contributed by atoms with Gasteiger partial charge < -0.3 is 14.8 Å². The lowest BCUT2D eigenvalue weighted by Gasteiger charge is -2.19. The maximum atomic E-state index is 12.4. The summed E-state index contributed by atoms with van der Waals surface area (Å²) in [6.45, 7) is 2.01. The van der Waals surface area contributed by atoms with Gasteiger partial charge in [0, 0.05) is 10.6 Å². The molecule has 4 nitrogen and oxygen atoms in total. The third kappa shape index (κ3) is 4.17. The summed E-state index contributed by atoms with van der Waals surface area (Å²) in [6, 6.07) is 12.4. The number of ether oxygens (including phenoxy) is 2. The van der Waals surface area contributed by atoms with Crippen LogP contribution in [0, 0.1) is 0 Å². The first-order chi connectivity index (χ1) is 11.1. The molecular formula is C18H20ClNO3. The molecule has 0 aliphatic rings. The van der Waals surface area contributed by atoms with Crippen LogP contribution in [0.15, 0.2) is 42.5 Å². The lowest BCUT2D eigenvalue weighted by molar-refractivity contribution is 0.0935. The molecular weight excluding hydrogens is 314 g/mol. The van der Waals surface area contributed by atoms with Crippen molar-refractivity contribution >= 4 is 17.5 Å². The van der Waals surface area contributed by atoms with Crippen molar-refractivity contribution in [2.75, 3.05) is 14.2 Å². The molecule has 0 bridgehead atoms. The van der Waals surface area contributed by atoms with Crippen LogP contribution in [0.4, 0.5) is 0 Å². The standard InChI is InChI=1S/C18H20ClNO3/c1-4-15(12-8-9-16(22-2)17(11-12)23-3)20-18(21)13-6-5-7-14(19)10-13/h5-11,15H,4H2,1-3H3,(H,20,21)/t15-/m0/s1. The van der Waals surface area contributed by atoms with Gasteiger partial charge in [-0.2, -0.15) is 0 Å². The van der Waals surface area contributed by atoms with Crippen molar-refractivity contribution in [3.05, 3.63) is 58.6 Å². The Bertz CT molecular complexity index is 688. The summed E-state index contributed by atoms with van der Waals surface area (Å²) in [4.78, 5) is 12.4. The largest absolute Gasteiger partial charge is 0.493 e. The summed E-state index contributed by atoms with van der Waals surface area (Å²) in [6.07, 6.45) is 0.752. The number of rotatable bonds is 6. The molecule has 0 fully saturated rings. The van der Waals surface area contributed by atoms with E-state index in [1.165, 1.54) is 0 Å². The van der Waals surface area contributed by atoms with Crippen LogP contribution in [0.1, 0.15) is 35.3 Å². The molecule has 0 spiro atoms. The number of carbonyl (C=O) groups excluding carboxylic acids is 1. The molecule has 1 amide bonds. The lowest BCUT2D eigenvalue weighted by atomic mass is 10.0. The van der Waals surface area contributed by atoms with Gasteiger partial charge >= 0.3 is 0 Å². The summed E-state index contributed by atoms with van der Waals surface area (Å²) in [5, 5.41) is 3.56. The smallest absolute Gasteiger partial charge is 0.251 e. The van der Waals surface area contributed by atoms with E-state index in [9.17, 15) is 4.79 Å². The van der Waals surface area contributed by atoms with Gasteiger partial charge in [0.2, 0.25) is 0 Å². The second-order valence-corrected chi connectivity index (χ2v) is 5.50. The van der Waals surface area contributed by atoms with Gasteiger partial charge in [-0.1, -0.05) is 30.7 Å². The van der Waals surface area contributed by atoms with Crippen molar-refractivity contribution in [2.45, 2.75) is 19.4 Å². The molecule has 2 aromatic carbocycles. The molecule has 0 saturated carbocycles. The normalized spacial score (nSPS) is 11.7. The van der Waals surface area contributed by atoms with Gasteiger partial charge in [0.15, 0.2) is 11.5 Å². The Morgan fingerprint density at radius 1 is 1.13 bits per heavy atom. The summed E-state index contributed by atoms with van der Waals surface area (Å²) in [5.74, 6) is 1.14. The molecule has 0 saturated heterocycles. The van der Waals surface area contributed by atoms with Gasteiger partial charge in [-0.3, -0.25) is 4.79 Å². The SMILES string of the molecule is CC[C@H](NC(=O)c1cccc(Cl)c1)c1ccc(OC)c(OC)c1. The lowest BCUT2D eigenvalue weighted by Crippen LogP contribution is -2.28. The Morgan fingerprint density at radius 3 is 2.48 bits per heavy atom. The summed E-state index contributed by atoms with van der Waals surface area (Å²) in [5.41, 5.74) is 1.50. The first-order valence-corrected chi connectivity index (χ1v) is 7.75. The van der Waals surface area contributed by atoms with Crippen LogP contribution < -0.4 is 14.8 Å². The van der Waals surface area contributed by atoms with Gasteiger partial charge in [-0.15, -0.1) is 0 Å². The number of hydrogen-bond acceptors (Lipinski definition) is 3. The van der Waals surface area contributed by atoms with Crippen LogP contribution >= 0.6 is 11.6 Å². The summed E-state index contributed by atoms with van der Waals surface area (Å²) >= 11 is 5.94. The molecule has 5 heteroatoms. The van der Waals surface area contributed by atoms with Crippen LogP contribution in [0.25, 0.3) is 0 Å². The van der Waals surface area contributed by atoms with Crippen molar-refractivity contribution in [1.29, 1.82) is 0 Å². The number of carbonyl (C=O) groups is 1. The fourth-order valence-corrected chi connectivity index (χ4v) is 2.55. The second-order valence-electron chi connectivity index (χ2n) is 5.06. The molecule has 0 unspecified atom stereocenters. The quantitative estimate of drug-likeness (QED) is 0.860. The van der Waals surface area contributed by atoms with E-state index < -0.39 is 0 Å². The molecule has 2 rings (SSSR count). The predicted octanol–water partition coefficient (Wildman–Crippen LogP) is 4.24. The summed E-state index contributed by atoms with van der Waals surface area (Å²) < 4.78 is 10.6. The Labute approximate surface area is 141 Å². The minimum atomic E-state index is -0.158. The van der Waals surface area contributed by atoms with E-state index in [-0.39, 0.29) is 11.9 Å². The van der Waals surface area contributed by atoms with Gasteiger partial charge in [-0.05, 0) is 42.3 Å². The van der Waals surface area contributed by atoms with Crippen molar-refractivity contribution in [2.24, 2.45) is 0 Å². The molecule has 2 aromatic rings. The molecule has 23 heavy (non-hydrogen) atoms. The molecule has 0 heterocycles. The topological polar surface area (TPSA) is 47.6 Å². The molecule has 0 aliphatic heterocycles. The van der Waals surface area contributed by atoms with Gasteiger partial charge in [-0.25, -0.2) is 0 Å². The van der Waals surface area contributed by atoms with Crippen molar-refractivity contribution in [3.8, 4) is 11.5 Å². The Morgan fingerprint density at radius 2 is 1.87 bits per heavy atom. The molecule has 0 aromatic heterocycles. The van der Waals surface area contributed by atoms with E-state index in [0.29, 0.717) is 22.1 Å². The molecule has 122 valence electrons. The van der Waals surface area contributed by atoms with E-state index in [1.54, 1.807) is 38.5 Å². The van der Waals surface area contributed by atoms with Crippen molar-refractivity contribution < 1.29 is 14.3 Å². The molecule has 0 aliphatic carbocycles. The first kappa shape index (κ1) is 17.2. The Hall–Kier alpha value is -2.20. The minimum Gasteiger partial charge on any atom is -0.493 e. The van der Waals surface area contributed by atoms with Gasteiger partial charge in [0.25, 0.3) is 5.91 Å². The number of nitrogens with one attached hydrogen (secondary N) is 1. The van der Waals surface area contributed by atoms with Crippen LogP contribution in [-0.4, -0.2) is 20.1 Å². The number of amides is 1. The number of halogens is 1. The molecule has 1 N–H and O–H groups in total. The van der Waals surface area contributed by atoms with Crippen LogP contribution in [0.3, 0.4) is 0 Å². The van der Waals surface area contributed by atoms with Crippen LogP contribution in [0.2, 0.25) is 5.02 Å². The fraction of sp³-hybridized carbons (Fsp3) is 0.278. The highest BCUT2D eigenvalue weighted by Crippen LogP contribution is 2.31. The highest BCUT2D eigenvalue weighted by molar-refractivity contribution is 6.30. The van der Waals surface area contributed by atoms with E-state index in [1.807, 2.05) is 25.1 Å². The first-order valence-electron chi connectivity index (χ1n) is 7.37. The Balaban J connectivity index is 2.21. The Kier molecular flexibility index (Phi) is 5.88. The maximum Gasteiger partial charge on any atom is 0.251 e. The summed E-state index contributed by atoms with van der Waals surface area (Å²) in [7, 11) is 3.18. The highest BCUT2D eigenvalue weighted by atomic mass is 35.5. The number of methoxy groups -OCH3 is 2. The van der Waals surface area contributed by atoms with E-state index in [0.717, 1.165) is 12.0 Å². The highest BCUT2D eigenvalue weighted by Gasteiger charge is 2.16. The zero-order valence-corrected chi connectivity index (χ0v) is 14.2. The van der Waals surface area contributed by atoms with Crippen LogP contribution in [-0.2, 0) is 0 Å². The van der Waals surface area contributed by atoms with Gasteiger partial charge in [0.05, 0.1) is 20.3 Å². The average Bonchev–Trinajstić information content (AvgIpc) is 2.58. The zero-order chi connectivity index (χ0) is 16.8. The third-order valence-electron chi connectivity index (χ3n) is 3.61. The minimum absolute atomic E-state index is 0.124. The van der Waals surface area contributed by atoms with Crippen LogP contribution in [0.5, 0.6) is 11.5 Å². The maximum absolute atomic E-state index is 12.4. The predicted molar refractivity (Wildman–Crippen MR) is 91.5 cm³/mol. The van der Waals surface area contributed by atoms with E-state index in [2.05, 4.69) is 5.32 Å². The fourth-order valence-electron chi connectivity index (χ4n) is 2.36. The molecule has 0 radical (unpaired) electrons. The molecule has 1 atom stereocenters. The van der Waals surface area contributed by atoms with Crippen molar-refractivity contribution in [1.82, 2.24) is 5.32 Å². The van der Waals surface area contributed by atoms with E-state index >= 15 is 0 Å². The van der Waals surface area contributed by atoms with Gasteiger partial charge in [0.1, 0.15) is 0 Å². The third-order valence-corrected chi connectivity index (χ3v) is 3.85. The van der Waals surface area contributed by atoms with Crippen molar-refractivity contribution in [3.63, 3.8) is 0 Å². The monoisotopic (exact) mass is 333 g/mol. The average molecular weight is 334 g/mol. The van der Waals surface area contributed by atoms with E-state index in [4.69, 9.17) is 21.1 Å². The second kappa shape index (κ2) is 7.88. The number of benzene rings is 2. The number of hydrogen-bond donors (Lipinski definition) is 1.